The molecule has 5 heteroatoms. The average Bonchev–Trinajstić information content (AvgIpc) is 3.11. The van der Waals surface area contributed by atoms with Crippen molar-refractivity contribution in [3.05, 3.63) is 71.9 Å². The molecule has 0 aliphatic heterocycles. The summed E-state index contributed by atoms with van der Waals surface area (Å²) in [6, 6.07) is 18.3. The van der Waals surface area contributed by atoms with Gasteiger partial charge in [0.2, 0.25) is 5.88 Å². The van der Waals surface area contributed by atoms with E-state index in [2.05, 4.69) is 62.3 Å². The fraction of sp³-hybridized carbons (Fsp3) is 0.250. The van der Waals surface area contributed by atoms with Crippen molar-refractivity contribution in [2.75, 3.05) is 5.32 Å². The van der Waals surface area contributed by atoms with Crippen LogP contribution < -0.4 is 10.1 Å². The van der Waals surface area contributed by atoms with Crippen LogP contribution in [0.3, 0.4) is 0 Å². The number of ether oxygens (including phenoxy) is 1. The van der Waals surface area contributed by atoms with Crippen LogP contribution >= 0.6 is 11.3 Å². The van der Waals surface area contributed by atoms with Crippen molar-refractivity contribution in [2.24, 2.45) is 0 Å². The molecular formula is C24H25N3OS. The number of rotatable bonds is 5. The van der Waals surface area contributed by atoms with Crippen molar-refractivity contribution in [3.8, 4) is 11.6 Å². The number of benzene rings is 2. The fourth-order valence-corrected chi connectivity index (χ4v) is 4.23. The van der Waals surface area contributed by atoms with Crippen LogP contribution in [0.2, 0.25) is 0 Å². The summed E-state index contributed by atoms with van der Waals surface area (Å²) in [5.41, 5.74) is 4.24. The first-order chi connectivity index (χ1) is 14.0. The molecule has 0 fully saturated rings. The smallest absolute Gasteiger partial charge is 0.243 e. The van der Waals surface area contributed by atoms with Gasteiger partial charge in [0.05, 0.1) is 10.2 Å². The number of hydrogen-bond acceptors (Lipinski definition) is 5. The number of aromatic nitrogens is 2. The maximum atomic E-state index is 6.26. The van der Waals surface area contributed by atoms with Gasteiger partial charge in [-0.3, -0.25) is 0 Å². The zero-order valence-corrected chi connectivity index (χ0v) is 18.0. The van der Waals surface area contributed by atoms with E-state index in [9.17, 15) is 0 Å². The number of fused-ring (bicyclic) bond motifs is 1. The lowest BCUT2D eigenvalue weighted by Gasteiger charge is -2.22. The highest BCUT2D eigenvalue weighted by Gasteiger charge is 2.20. The zero-order valence-electron chi connectivity index (χ0n) is 17.2. The fourth-order valence-electron chi connectivity index (χ4n) is 3.31. The molecule has 0 saturated heterocycles. The molecule has 2 aromatic heterocycles. The number of nitrogens with one attached hydrogen (secondary N) is 1. The lowest BCUT2D eigenvalue weighted by Crippen LogP contribution is -2.12. The first kappa shape index (κ1) is 19.4. The first-order valence-electron chi connectivity index (χ1n) is 9.83. The van der Waals surface area contributed by atoms with E-state index >= 15 is 0 Å². The molecule has 4 nitrogen and oxygen atoms in total. The predicted octanol–water partition coefficient (Wildman–Crippen LogP) is 7.09. The Morgan fingerprint density at radius 2 is 1.83 bits per heavy atom. The quantitative estimate of drug-likeness (QED) is 0.386. The molecule has 0 unspecified atom stereocenters. The number of anilines is 2. The van der Waals surface area contributed by atoms with Gasteiger partial charge in [0.25, 0.3) is 0 Å². The molecule has 0 spiro atoms. The third kappa shape index (κ3) is 4.10. The number of thiazole rings is 1. The van der Waals surface area contributed by atoms with E-state index in [0.717, 1.165) is 34.1 Å². The van der Waals surface area contributed by atoms with Crippen LogP contribution in [0.5, 0.6) is 11.6 Å². The highest BCUT2D eigenvalue weighted by Crippen LogP contribution is 2.37. The van der Waals surface area contributed by atoms with E-state index in [1.54, 1.807) is 17.5 Å². The van der Waals surface area contributed by atoms with Gasteiger partial charge in [-0.1, -0.05) is 69.4 Å². The van der Waals surface area contributed by atoms with Crippen LogP contribution in [0.1, 0.15) is 38.8 Å². The molecule has 29 heavy (non-hydrogen) atoms. The van der Waals surface area contributed by atoms with Crippen LogP contribution in [-0.2, 0) is 11.8 Å². The van der Waals surface area contributed by atoms with Gasteiger partial charge >= 0.3 is 0 Å². The molecule has 0 saturated carbocycles. The first-order valence-corrected chi connectivity index (χ1v) is 10.6. The highest BCUT2D eigenvalue weighted by atomic mass is 32.1. The minimum Gasteiger partial charge on any atom is -0.437 e. The molecule has 0 bridgehead atoms. The number of hydrogen-bond donors (Lipinski definition) is 1. The van der Waals surface area contributed by atoms with Gasteiger partial charge in [-0.2, -0.15) is 0 Å². The molecular weight excluding hydrogens is 378 g/mol. The third-order valence-corrected chi connectivity index (χ3v) is 5.73. The lowest BCUT2D eigenvalue weighted by molar-refractivity contribution is 0.442. The number of para-hydroxylation sites is 2. The van der Waals surface area contributed by atoms with Crippen molar-refractivity contribution in [1.29, 1.82) is 0 Å². The molecule has 1 N–H and O–H groups in total. The molecule has 0 aliphatic carbocycles. The Morgan fingerprint density at radius 1 is 1.00 bits per heavy atom. The molecule has 2 aromatic carbocycles. The molecule has 0 radical (unpaired) electrons. The van der Waals surface area contributed by atoms with E-state index in [0.29, 0.717) is 5.88 Å². The summed E-state index contributed by atoms with van der Waals surface area (Å²) in [6.45, 7) is 8.69. The SMILES string of the molecule is CCc1cccc2sc(Nc3cccnc3Oc3ccccc3C(C)(C)C)nc12. The van der Waals surface area contributed by atoms with Crippen LogP contribution in [0.4, 0.5) is 10.8 Å². The van der Waals surface area contributed by atoms with Crippen molar-refractivity contribution in [2.45, 2.75) is 39.5 Å². The van der Waals surface area contributed by atoms with Crippen LogP contribution in [0.25, 0.3) is 10.2 Å². The van der Waals surface area contributed by atoms with Crippen LogP contribution in [-0.4, -0.2) is 9.97 Å². The van der Waals surface area contributed by atoms with Crippen molar-refractivity contribution in [3.63, 3.8) is 0 Å². The Kier molecular flexibility index (Phi) is 5.24. The Morgan fingerprint density at radius 3 is 2.62 bits per heavy atom. The highest BCUT2D eigenvalue weighted by molar-refractivity contribution is 7.22. The van der Waals surface area contributed by atoms with Crippen LogP contribution in [0, 0.1) is 0 Å². The standard InChI is InChI=1S/C24H25N3OS/c1-5-16-10-8-14-20-21(16)27-23(29-20)26-18-12-9-15-25-22(18)28-19-13-7-6-11-17(19)24(2,3)4/h6-15H,5H2,1-4H3,(H,26,27). The minimum atomic E-state index is -0.0252. The summed E-state index contributed by atoms with van der Waals surface area (Å²) in [5.74, 6) is 1.36. The predicted molar refractivity (Wildman–Crippen MR) is 122 cm³/mol. The topological polar surface area (TPSA) is 47.0 Å². The molecule has 2 heterocycles. The second-order valence-electron chi connectivity index (χ2n) is 7.97. The van der Waals surface area contributed by atoms with Crippen molar-refractivity contribution >= 4 is 32.4 Å². The van der Waals surface area contributed by atoms with Gasteiger partial charge in [-0.25, -0.2) is 9.97 Å². The number of aryl methyl sites for hydroxylation is 1. The Bertz CT molecular complexity index is 1140. The van der Waals surface area contributed by atoms with Gasteiger partial charge in [0.15, 0.2) is 5.13 Å². The zero-order chi connectivity index (χ0) is 20.4. The summed E-state index contributed by atoms with van der Waals surface area (Å²) in [6.07, 6.45) is 2.71. The Balaban J connectivity index is 1.67. The molecule has 4 rings (SSSR count). The number of nitrogens with zero attached hydrogens (tertiary/aromatic N) is 2. The average molecular weight is 404 g/mol. The maximum absolute atomic E-state index is 6.26. The summed E-state index contributed by atoms with van der Waals surface area (Å²) in [7, 11) is 0. The summed E-state index contributed by atoms with van der Waals surface area (Å²) >= 11 is 1.64. The third-order valence-electron chi connectivity index (χ3n) is 4.80. The van der Waals surface area contributed by atoms with E-state index < -0.39 is 0 Å². The van der Waals surface area contributed by atoms with E-state index in [1.807, 2.05) is 30.3 Å². The van der Waals surface area contributed by atoms with Gasteiger partial charge in [0.1, 0.15) is 11.4 Å². The van der Waals surface area contributed by atoms with Crippen molar-refractivity contribution < 1.29 is 4.74 Å². The maximum Gasteiger partial charge on any atom is 0.243 e. The summed E-state index contributed by atoms with van der Waals surface area (Å²) in [5, 5.41) is 4.25. The van der Waals surface area contributed by atoms with Gasteiger partial charge < -0.3 is 10.1 Å². The van der Waals surface area contributed by atoms with E-state index in [4.69, 9.17) is 9.72 Å². The monoisotopic (exact) mass is 403 g/mol. The molecule has 4 aromatic rings. The second kappa shape index (κ2) is 7.84. The van der Waals surface area contributed by atoms with Gasteiger partial charge in [-0.15, -0.1) is 0 Å². The van der Waals surface area contributed by atoms with Gasteiger partial charge in [-0.05, 0) is 41.7 Å². The van der Waals surface area contributed by atoms with E-state index in [-0.39, 0.29) is 5.41 Å². The molecule has 148 valence electrons. The Hall–Kier alpha value is -2.92. The van der Waals surface area contributed by atoms with Crippen molar-refractivity contribution in [1.82, 2.24) is 9.97 Å². The minimum absolute atomic E-state index is 0.0252. The number of pyridine rings is 1. The molecule has 0 atom stereocenters. The summed E-state index contributed by atoms with van der Waals surface area (Å²) in [4.78, 5) is 9.28. The van der Waals surface area contributed by atoms with E-state index in [1.165, 1.54) is 10.3 Å². The lowest BCUT2D eigenvalue weighted by atomic mass is 9.86. The normalized spacial score (nSPS) is 11.6. The molecule has 0 amide bonds. The second-order valence-corrected chi connectivity index (χ2v) is 9.00. The van der Waals surface area contributed by atoms with Gasteiger partial charge in [0, 0.05) is 11.8 Å². The molecule has 0 aliphatic rings. The van der Waals surface area contributed by atoms with Crippen LogP contribution in [0.15, 0.2) is 60.8 Å². The largest absolute Gasteiger partial charge is 0.437 e. The summed E-state index contributed by atoms with van der Waals surface area (Å²) < 4.78 is 7.44. The Labute approximate surface area is 175 Å².